The van der Waals surface area contributed by atoms with Gasteiger partial charge in [0.05, 0.1) is 26.3 Å². The standard InChI is InChI=1S/C28H32N2O4/c1-5-25(28(32)29-24-16-15-23(33-3)18-26(24)34-4)30(19-22-13-11-20(2)12-14-22)27(31)17-21-9-7-6-8-10-21/h6-16,18,25H,5,17,19H2,1-4H3,(H,29,32). The molecule has 34 heavy (non-hydrogen) atoms. The molecule has 3 aromatic carbocycles. The Morgan fingerprint density at radius 2 is 1.62 bits per heavy atom. The van der Waals surface area contributed by atoms with Crippen molar-refractivity contribution in [3.63, 3.8) is 0 Å². The normalized spacial score (nSPS) is 11.4. The molecule has 178 valence electrons. The van der Waals surface area contributed by atoms with Crippen LogP contribution in [0.3, 0.4) is 0 Å². The molecule has 3 aromatic rings. The van der Waals surface area contributed by atoms with Crippen molar-refractivity contribution < 1.29 is 19.1 Å². The number of carbonyl (C=O) groups excluding carboxylic acids is 2. The van der Waals surface area contributed by atoms with Gasteiger partial charge in [-0.1, -0.05) is 67.1 Å². The number of hydrogen-bond donors (Lipinski definition) is 1. The molecule has 0 aromatic heterocycles. The Balaban J connectivity index is 1.87. The van der Waals surface area contributed by atoms with Gasteiger partial charge in [0.25, 0.3) is 0 Å². The van der Waals surface area contributed by atoms with Crippen molar-refractivity contribution in [2.45, 2.75) is 39.3 Å². The predicted molar refractivity (Wildman–Crippen MR) is 134 cm³/mol. The number of amides is 2. The summed E-state index contributed by atoms with van der Waals surface area (Å²) in [6.07, 6.45) is 0.693. The van der Waals surface area contributed by atoms with Crippen LogP contribution in [0.4, 0.5) is 5.69 Å². The minimum Gasteiger partial charge on any atom is -0.497 e. The highest BCUT2D eigenvalue weighted by Crippen LogP contribution is 2.29. The summed E-state index contributed by atoms with van der Waals surface area (Å²) in [7, 11) is 3.11. The lowest BCUT2D eigenvalue weighted by atomic mass is 10.1. The Labute approximate surface area is 201 Å². The molecular formula is C28H32N2O4. The number of rotatable bonds is 10. The van der Waals surface area contributed by atoms with Crippen LogP contribution in [-0.4, -0.2) is 37.0 Å². The van der Waals surface area contributed by atoms with Crippen molar-refractivity contribution in [2.24, 2.45) is 0 Å². The first kappa shape index (κ1) is 24.8. The van der Waals surface area contributed by atoms with Crippen molar-refractivity contribution in [1.82, 2.24) is 4.90 Å². The summed E-state index contributed by atoms with van der Waals surface area (Å²) in [5.74, 6) is 0.749. The summed E-state index contributed by atoms with van der Waals surface area (Å²) < 4.78 is 10.7. The van der Waals surface area contributed by atoms with E-state index in [-0.39, 0.29) is 18.2 Å². The fraction of sp³-hybridized carbons (Fsp3) is 0.286. The maximum atomic E-state index is 13.5. The predicted octanol–water partition coefficient (Wildman–Crippen LogP) is 5.00. The molecule has 0 spiro atoms. The zero-order valence-corrected chi connectivity index (χ0v) is 20.2. The van der Waals surface area contributed by atoms with Crippen LogP contribution < -0.4 is 14.8 Å². The second-order valence-electron chi connectivity index (χ2n) is 8.15. The third-order valence-electron chi connectivity index (χ3n) is 5.72. The van der Waals surface area contributed by atoms with Crippen LogP contribution in [0.15, 0.2) is 72.8 Å². The smallest absolute Gasteiger partial charge is 0.247 e. The fourth-order valence-electron chi connectivity index (χ4n) is 3.80. The largest absolute Gasteiger partial charge is 0.497 e. The van der Waals surface area contributed by atoms with Crippen LogP contribution in [0.5, 0.6) is 11.5 Å². The van der Waals surface area contributed by atoms with Crippen molar-refractivity contribution in [3.8, 4) is 11.5 Å². The van der Waals surface area contributed by atoms with Gasteiger partial charge in [-0.05, 0) is 36.6 Å². The average Bonchev–Trinajstić information content (AvgIpc) is 2.85. The molecule has 0 saturated carbocycles. The molecule has 0 fully saturated rings. The van der Waals surface area contributed by atoms with Gasteiger partial charge in [-0.25, -0.2) is 0 Å². The number of ether oxygens (including phenoxy) is 2. The van der Waals surface area contributed by atoms with E-state index < -0.39 is 6.04 Å². The van der Waals surface area contributed by atoms with E-state index in [1.165, 1.54) is 7.11 Å². The number of benzene rings is 3. The monoisotopic (exact) mass is 460 g/mol. The molecule has 0 radical (unpaired) electrons. The van der Waals surface area contributed by atoms with E-state index in [9.17, 15) is 9.59 Å². The van der Waals surface area contributed by atoms with Crippen molar-refractivity contribution in [3.05, 3.63) is 89.5 Å². The van der Waals surface area contributed by atoms with E-state index >= 15 is 0 Å². The zero-order valence-electron chi connectivity index (χ0n) is 20.2. The lowest BCUT2D eigenvalue weighted by molar-refractivity contribution is -0.139. The number of carbonyl (C=O) groups is 2. The van der Waals surface area contributed by atoms with Gasteiger partial charge in [0.2, 0.25) is 11.8 Å². The molecule has 0 aliphatic heterocycles. The van der Waals surface area contributed by atoms with Crippen LogP contribution in [0.2, 0.25) is 0 Å². The van der Waals surface area contributed by atoms with Gasteiger partial charge in [-0.15, -0.1) is 0 Å². The summed E-state index contributed by atoms with van der Waals surface area (Å²) in [6.45, 7) is 4.28. The lowest BCUT2D eigenvalue weighted by Crippen LogP contribution is -2.47. The molecule has 0 heterocycles. The average molecular weight is 461 g/mol. The highest BCUT2D eigenvalue weighted by atomic mass is 16.5. The second-order valence-corrected chi connectivity index (χ2v) is 8.15. The van der Waals surface area contributed by atoms with Crippen LogP contribution in [-0.2, 0) is 22.6 Å². The third kappa shape index (κ3) is 6.38. The molecule has 1 unspecified atom stereocenters. The molecule has 2 amide bonds. The summed E-state index contributed by atoms with van der Waals surface area (Å²) >= 11 is 0. The molecule has 6 heteroatoms. The Morgan fingerprint density at radius 3 is 2.24 bits per heavy atom. The van der Waals surface area contributed by atoms with Gasteiger partial charge in [0.15, 0.2) is 0 Å². The first-order chi connectivity index (χ1) is 16.4. The number of nitrogens with one attached hydrogen (secondary N) is 1. The van der Waals surface area contributed by atoms with Crippen LogP contribution in [0.25, 0.3) is 0 Å². The van der Waals surface area contributed by atoms with E-state index in [0.717, 1.165) is 16.7 Å². The molecule has 3 rings (SSSR count). The highest BCUT2D eigenvalue weighted by molar-refractivity contribution is 5.98. The van der Waals surface area contributed by atoms with E-state index in [0.29, 0.717) is 30.2 Å². The van der Waals surface area contributed by atoms with Gasteiger partial charge in [0, 0.05) is 12.6 Å². The topological polar surface area (TPSA) is 67.9 Å². The molecular weight excluding hydrogens is 428 g/mol. The Kier molecular flexibility index (Phi) is 8.68. The molecule has 1 N–H and O–H groups in total. The van der Waals surface area contributed by atoms with Gasteiger partial charge in [-0.3, -0.25) is 9.59 Å². The molecule has 0 aliphatic rings. The fourth-order valence-corrected chi connectivity index (χ4v) is 3.80. The number of methoxy groups -OCH3 is 2. The van der Waals surface area contributed by atoms with Gasteiger partial charge < -0.3 is 19.7 Å². The first-order valence-corrected chi connectivity index (χ1v) is 11.4. The molecule has 0 bridgehead atoms. The minimum absolute atomic E-state index is 0.101. The molecule has 1 atom stereocenters. The lowest BCUT2D eigenvalue weighted by Gasteiger charge is -2.31. The molecule has 0 saturated heterocycles. The number of anilines is 1. The van der Waals surface area contributed by atoms with Crippen molar-refractivity contribution >= 4 is 17.5 Å². The van der Waals surface area contributed by atoms with Crippen LogP contribution in [0.1, 0.15) is 30.0 Å². The van der Waals surface area contributed by atoms with E-state index in [2.05, 4.69) is 5.32 Å². The SMILES string of the molecule is CCC(C(=O)Nc1ccc(OC)cc1OC)N(Cc1ccc(C)cc1)C(=O)Cc1ccccc1. The van der Waals surface area contributed by atoms with Crippen LogP contribution >= 0.6 is 0 Å². The molecule has 6 nitrogen and oxygen atoms in total. The number of nitrogens with zero attached hydrogens (tertiary/aromatic N) is 1. The third-order valence-corrected chi connectivity index (χ3v) is 5.72. The van der Waals surface area contributed by atoms with E-state index in [4.69, 9.17) is 9.47 Å². The maximum Gasteiger partial charge on any atom is 0.247 e. The maximum absolute atomic E-state index is 13.5. The summed E-state index contributed by atoms with van der Waals surface area (Å²) in [5.41, 5.74) is 3.55. The number of aryl methyl sites for hydroxylation is 1. The first-order valence-electron chi connectivity index (χ1n) is 11.4. The van der Waals surface area contributed by atoms with E-state index in [1.54, 1.807) is 30.2 Å². The summed E-state index contributed by atoms with van der Waals surface area (Å²) in [5, 5.41) is 2.94. The van der Waals surface area contributed by atoms with Gasteiger partial charge in [-0.2, -0.15) is 0 Å². The Morgan fingerprint density at radius 1 is 0.912 bits per heavy atom. The van der Waals surface area contributed by atoms with Gasteiger partial charge in [0.1, 0.15) is 17.5 Å². The summed E-state index contributed by atoms with van der Waals surface area (Å²) in [4.78, 5) is 28.5. The van der Waals surface area contributed by atoms with E-state index in [1.807, 2.05) is 68.4 Å². The highest BCUT2D eigenvalue weighted by Gasteiger charge is 2.29. The Bertz CT molecular complexity index is 1100. The van der Waals surface area contributed by atoms with Gasteiger partial charge >= 0.3 is 0 Å². The van der Waals surface area contributed by atoms with Crippen molar-refractivity contribution in [2.75, 3.05) is 19.5 Å². The molecule has 0 aliphatic carbocycles. The second kappa shape index (κ2) is 11.9. The number of hydrogen-bond acceptors (Lipinski definition) is 4. The minimum atomic E-state index is -0.649. The quantitative estimate of drug-likeness (QED) is 0.462. The van der Waals surface area contributed by atoms with Crippen LogP contribution in [0, 0.1) is 6.92 Å². The zero-order chi connectivity index (χ0) is 24.5. The Hall–Kier alpha value is -3.80. The summed E-state index contributed by atoms with van der Waals surface area (Å²) in [6, 6.07) is 22.1. The van der Waals surface area contributed by atoms with Crippen molar-refractivity contribution in [1.29, 1.82) is 0 Å².